The van der Waals surface area contributed by atoms with Gasteiger partial charge in [0.05, 0.1) is 31.0 Å². The molecule has 47 heavy (non-hydrogen) atoms. The number of hydrogen-bond acceptors (Lipinski definition) is 7. The van der Waals surface area contributed by atoms with Gasteiger partial charge in [0.25, 0.3) is 5.56 Å². The molecule has 0 bridgehead atoms. The number of thioether (sulfide) groups is 1. The first-order chi connectivity index (χ1) is 22.9. The summed E-state index contributed by atoms with van der Waals surface area (Å²) in [7, 11) is 2.86. The fraction of sp³-hybridized carbons (Fsp3) is 0.135. The Balaban J connectivity index is 1.45. The molecule has 236 valence electrons. The van der Waals surface area contributed by atoms with Gasteiger partial charge in [-0.3, -0.25) is 14.4 Å². The molecule has 0 atom stereocenters. The third-order valence-corrected chi connectivity index (χ3v) is 8.84. The van der Waals surface area contributed by atoms with Crippen molar-refractivity contribution in [3.05, 3.63) is 125 Å². The van der Waals surface area contributed by atoms with Gasteiger partial charge in [-0.05, 0) is 47.9 Å². The minimum Gasteiger partial charge on any atom is -0.497 e. The van der Waals surface area contributed by atoms with Gasteiger partial charge in [-0.15, -0.1) is 11.8 Å². The number of ether oxygens (including phenoxy) is 2. The molecule has 2 aromatic heterocycles. The van der Waals surface area contributed by atoms with Crippen LogP contribution < -0.4 is 15.6 Å². The highest BCUT2D eigenvalue weighted by atomic mass is 32.2. The molecule has 6 rings (SSSR count). The Bertz CT molecular complexity index is 2120. The quantitative estimate of drug-likeness (QED) is 0.0926. The third kappa shape index (κ3) is 6.68. The summed E-state index contributed by atoms with van der Waals surface area (Å²) in [5, 5.41) is 7.68. The fourth-order valence-electron chi connectivity index (χ4n) is 5.38. The van der Waals surface area contributed by atoms with Crippen molar-refractivity contribution in [1.82, 2.24) is 14.6 Å². The number of aromatic nitrogens is 3. The molecule has 0 radical (unpaired) electrons. The Morgan fingerprint density at radius 2 is 1.53 bits per heavy atom. The molecular weight excluding hydrogens is 612 g/mol. The van der Waals surface area contributed by atoms with Crippen molar-refractivity contribution < 1.29 is 19.1 Å². The van der Waals surface area contributed by atoms with Crippen molar-refractivity contribution >= 4 is 35.0 Å². The number of hydrogen-bond donors (Lipinski definition) is 2. The molecule has 0 aliphatic heterocycles. The summed E-state index contributed by atoms with van der Waals surface area (Å²) >= 11 is 1.50. The van der Waals surface area contributed by atoms with Gasteiger partial charge in [0.2, 0.25) is 5.91 Å². The fourth-order valence-corrected chi connectivity index (χ4v) is 6.38. The standard InChI is InChI=1S/C37H32N4O5S/c1-23-33(37(44)41-36(38-23)34(25-10-6-4-7-11-25)35(40-41)26-12-8-5-9-13-26)27-16-19-29(39-31(42)21-32(43)46-3)30(20-27)47-22-24-14-17-28(45-2)18-15-24/h4-20,38H,21-22H2,1-3H3,(H,39,42). The van der Waals surface area contributed by atoms with E-state index in [0.29, 0.717) is 39.6 Å². The van der Waals surface area contributed by atoms with Gasteiger partial charge in [0.15, 0.2) is 0 Å². The van der Waals surface area contributed by atoms with E-state index >= 15 is 0 Å². The number of carbonyl (C=O) groups is 2. The molecule has 0 saturated heterocycles. The zero-order valence-electron chi connectivity index (χ0n) is 26.1. The number of methoxy groups -OCH3 is 2. The number of benzene rings is 4. The van der Waals surface area contributed by atoms with Gasteiger partial charge in [-0.2, -0.15) is 9.61 Å². The molecule has 2 N–H and O–H groups in total. The molecular formula is C37H32N4O5S. The van der Waals surface area contributed by atoms with Gasteiger partial charge in [0.1, 0.15) is 23.5 Å². The number of aromatic amines is 1. The molecule has 0 aliphatic carbocycles. The maximum atomic E-state index is 14.3. The highest BCUT2D eigenvalue weighted by molar-refractivity contribution is 7.98. The largest absolute Gasteiger partial charge is 0.497 e. The second-order valence-corrected chi connectivity index (χ2v) is 11.8. The Kier molecular flexibility index (Phi) is 9.21. The van der Waals surface area contributed by atoms with E-state index in [9.17, 15) is 14.4 Å². The average molecular weight is 645 g/mol. The Hall–Kier alpha value is -5.61. The molecule has 9 nitrogen and oxygen atoms in total. The van der Waals surface area contributed by atoms with Gasteiger partial charge in [-0.1, -0.05) is 78.9 Å². The zero-order valence-corrected chi connectivity index (χ0v) is 26.9. The van der Waals surface area contributed by atoms with E-state index in [1.54, 1.807) is 19.2 Å². The van der Waals surface area contributed by atoms with Crippen LogP contribution in [0.5, 0.6) is 5.75 Å². The van der Waals surface area contributed by atoms with Crippen LogP contribution in [0, 0.1) is 6.92 Å². The van der Waals surface area contributed by atoms with E-state index in [2.05, 4.69) is 15.0 Å². The number of esters is 1. The van der Waals surface area contributed by atoms with E-state index in [4.69, 9.17) is 9.84 Å². The molecule has 6 aromatic rings. The topological polar surface area (TPSA) is 115 Å². The summed E-state index contributed by atoms with van der Waals surface area (Å²) < 4.78 is 11.4. The van der Waals surface area contributed by atoms with E-state index in [1.807, 2.05) is 97.9 Å². The molecule has 0 aliphatic rings. The van der Waals surface area contributed by atoms with Crippen molar-refractivity contribution in [1.29, 1.82) is 0 Å². The Morgan fingerprint density at radius 3 is 2.19 bits per heavy atom. The van der Waals surface area contributed by atoms with Crippen LogP contribution in [0.15, 0.2) is 113 Å². The second-order valence-electron chi connectivity index (χ2n) is 10.8. The van der Waals surface area contributed by atoms with Crippen molar-refractivity contribution in [2.75, 3.05) is 19.5 Å². The second kappa shape index (κ2) is 13.8. The van der Waals surface area contributed by atoms with Crippen LogP contribution in [0.1, 0.15) is 17.7 Å². The summed E-state index contributed by atoms with van der Waals surface area (Å²) in [4.78, 5) is 42.9. The maximum absolute atomic E-state index is 14.3. The number of carbonyl (C=O) groups excluding carboxylic acids is 2. The van der Waals surface area contributed by atoms with Crippen LogP contribution >= 0.6 is 11.8 Å². The van der Waals surface area contributed by atoms with E-state index in [1.165, 1.54) is 23.4 Å². The normalized spacial score (nSPS) is 11.0. The number of rotatable bonds is 10. The average Bonchev–Trinajstić information content (AvgIpc) is 3.48. The van der Waals surface area contributed by atoms with Crippen LogP contribution in [0.4, 0.5) is 5.69 Å². The van der Waals surface area contributed by atoms with E-state index < -0.39 is 18.3 Å². The summed E-state index contributed by atoms with van der Waals surface area (Å²) in [6, 6.07) is 32.8. The molecule has 10 heteroatoms. The number of anilines is 1. The Morgan fingerprint density at radius 1 is 0.851 bits per heavy atom. The number of H-pyrrole nitrogens is 1. The van der Waals surface area contributed by atoms with E-state index in [-0.39, 0.29) is 5.56 Å². The predicted octanol–water partition coefficient (Wildman–Crippen LogP) is 7.13. The third-order valence-electron chi connectivity index (χ3n) is 7.71. The first kappa shape index (κ1) is 31.4. The van der Waals surface area contributed by atoms with Crippen LogP contribution in [-0.4, -0.2) is 40.7 Å². The van der Waals surface area contributed by atoms with Gasteiger partial charge >= 0.3 is 5.97 Å². The molecule has 0 fully saturated rings. The van der Waals surface area contributed by atoms with Crippen LogP contribution in [-0.2, 0) is 20.1 Å². The van der Waals surface area contributed by atoms with Crippen LogP contribution in [0.3, 0.4) is 0 Å². The smallest absolute Gasteiger partial charge is 0.315 e. The van der Waals surface area contributed by atoms with Gasteiger partial charge in [0, 0.05) is 21.9 Å². The number of nitrogens with zero attached hydrogens (tertiary/aromatic N) is 2. The van der Waals surface area contributed by atoms with Crippen molar-refractivity contribution in [3.8, 4) is 39.3 Å². The van der Waals surface area contributed by atoms with Crippen LogP contribution in [0.2, 0.25) is 0 Å². The summed E-state index contributed by atoms with van der Waals surface area (Å²) in [6.45, 7) is 1.87. The molecule has 0 spiro atoms. The van der Waals surface area contributed by atoms with Crippen LogP contribution in [0.25, 0.3) is 39.2 Å². The highest BCUT2D eigenvalue weighted by Crippen LogP contribution is 2.37. The van der Waals surface area contributed by atoms with Gasteiger partial charge < -0.3 is 19.8 Å². The predicted molar refractivity (Wildman–Crippen MR) is 185 cm³/mol. The molecule has 0 saturated carbocycles. The Labute approximate surface area is 275 Å². The van der Waals surface area contributed by atoms with Crippen molar-refractivity contribution in [3.63, 3.8) is 0 Å². The molecule has 1 amide bonds. The molecule has 0 unspecified atom stereocenters. The summed E-state index contributed by atoms with van der Waals surface area (Å²) in [5.74, 6) is 0.212. The van der Waals surface area contributed by atoms with Gasteiger partial charge in [-0.25, -0.2) is 0 Å². The van der Waals surface area contributed by atoms with E-state index in [0.717, 1.165) is 32.9 Å². The highest BCUT2D eigenvalue weighted by Gasteiger charge is 2.22. The lowest BCUT2D eigenvalue weighted by molar-refractivity contribution is -0.142. The lowest BCUT2D eigenvalue weighted by atomic mass is 10.0. The molecule has 2 heterocycles. The monoisotopic (exact) mass is 644 g/mol. The number of aryl methyl sites for hydroxylation is 1. The zero-order chi connectivity index (χ0) is 32.9. The SMILES string of the molecule is COC(=O)CC(=O)Nc1ccc(-c2c(C)[nH]c3c(-c4ccccc4)c(-c4ccccc4)nn3c2=O)cc1SCc1ccc(OC)cc1. The lowest BCUT2D eigenvalue weighted by Crippen LogP contribution is -2.19. The summed E-state index contributed by atoms with van der Waals surface area (Å²) in [5.41, 5.74) is 7.04. The van der Waals surface area contributed by atoms with Crippen molar-refractivity contribution in [2.24, 2.45) is 0 Å². The molecule has 4 aromatic carbocycles. The minimum atomic E-state index is -0.633. The number of amides is 1. The van der Waals surface area contributed by atoms with Crippen molar-refractivity contribution in [2.45, 2.75) is 24.0 Å². The maximum Gasteiger partial charge on any atom is 0.315 e. The number of fused-ring (bicyclic) bond motifs is 1. The minimum absolute atomic E-state index is 0.274. The number of nitrogens with one attached hydrogen (secondary N) is 2. The first-order valence-electron chi connectivity index (χ1n) is 14.9. The summed E-state index contributed by atoms with van der Waals surface area (Å²) in [6.07, 6.45) is -0.414. The lowest BCUT2D eigenvalue weighted by Gasteiger charge is -2.14. The first-order valence-corrected chi connectivity index (χ1v) is 15.9.